The lowest BCUT2D eigenvalue weighted by atomic mass is 9.93. The molecule has 5 aromatic rings. The summed E-state index contributed by atoms with van der Waals surface area (Å²) in [5.41, 5.74) is 3.96. The number of para-hydroxylation sites is 1. The van der Waals surface area contributed by atoms with Crippen molar-refractivity contribution in [2.75, 3.05) is 5.32 Å². The van der Waals surface area contributed by atoms with Crippen molar-refractivity contribution >= 4 is 38.8 Å². The first-order valence-electron chi connectivity index (χ1n) is 9.54. The molecule has 0 atom stereocenters. The van der Waals surface area contributed by atoms with Crippen molar-refractivity contribution in [1.82, 2.24) is 14.6 Å². The molecular weight excluding hydrogens is 344 g/mol. The first-order valence-corrected chi connectivity index (χ1v) is 9.54. The van der Waals surface area contributed by atoms with Crippen molar-refractivity contribution in [2.45, 2.75) is 26.2 Å². The number of hydrogen-bond acceptors (Lipinski definition) is 3. The van der Waals surface area contributed by atoms with Gasteiger partial charge >= 0.3 is 0 Å². The van der Waals surface area contributed by atoms with E-state index in [0.29, 0.717) is 0 Å². The lowest BCUT2D eigenvalue weighted by Gasteiger charge is -2.13. The Labute approximate surface area is 163 Å². The molecule has 2 aromatic heterocycles. The molecule has 0 aliphatic rings. The average Bonchev–Trinajstić information content (AvgIpc) is 3.13. The van der Waals surface area contributed by atoms with Gasteiger partial charge in [0.1, 0.15) is 5.82 Å². The molecule has 0 radical (unpaired) electrons. The third-order valence-corrected chi connectivity index (χ3v) is 5.12. The van der Waals surface area contributed by atoms with E-state index in [1.54, 1.807) is 0 Å². The Balaban J connectivity index is 1.74. The van der Waals surface area contributed by atoms with Gasteiger partial charge in [0.05, 0.1) is 11.2 Å². The maximum atomic E-state index is 4.93. The Morgan fingerprint density at radius 2 is 1.54 bits per heavy atom. The Kier molecular flexibility index (Phi) is 3.63. The van der Waals surface area contributed by atoms with Crippen LogP contribution < -0.4 is 5.32 Å². The van der Waals surface area contributed by atoms with Gasteiger partial charge in [0, 0.05) is 27.9 Å². The number of aromatic nitrogens is 3. The third-order valence-electron chi connectivity index (χ3n) is 5.12. The summed E-state index contributed by atoms with van der Waals surface area (Å²) in [6.45, 7) is 6.52. The fourth-order valence-electron chi connectivity index (χ4n) is 3.59. The van der Waals surface area contributed by atoms with Gasteiger partial charge in [-0.2, -0.15) is 5.10 Å². The number of fused-ring (bicyclic) bond motifs is 4. The first-order chi connectivity index (χ1) is 13.5. The van der Waals surface area contributed by atoms with Crippen molar-refractivity contribution in [3.63, 3.8) is 0 Å². The zero-order valence-corrected chi connectivity index (χ0v) is 16.3. The van der Waals surface area contributed by atoms with Crippen LogP contribution in [0.25, 0.3) is 27.3 Å². The number of anilines is 2. The van der Waals surface area contributed by atoms with E-state index < -0.39 is 0 Å². The number of nitrogens with one attached hydrogen (secondary N) is 1. The minimum absolute atomic E-state index is 0.0297. The second-order valence-corrected chi connectivity index (χ2v) is 8.18. The Morgan fingerprint density at radius 3 is 2.36 bits per heavy atom. The Bertz CT molecular complexity index is 1320. The molecule has 0 bridgehead atoms. The molecule has 4 heteroatoms. The lowest BCUT2D eigenvalue weighted by molar-refractivity contribution is 0.564. The van der Waals surface area contributed by atoms with Crippen molar-refractivity contribution in [3.05, 3.63) is 78.5 Å². The van der Waals surface area contributed by atoms with Gasteiger partial charge in [-0.1, -0.05) is 69.3 Å². The van der Waals surface area contributed by atoms with Crippen LogP contribution in [-0.4, -0.2) is 14.6 Å². The molecule has 4 nitrogen and oxygen atoms in total. The molecule has 1 N–H and O–H groups in total. The van der Waals surface area contributed by atoms with Crippen molar-refractivity contribution in [2.24, 2.45) is 0 Å². The van der Waals surface area contributed by atoms with Gasteiger partial charge in [-0.25, -0.2) is 9.50 Å². The van der Waals surface area contributed by atoms with Crippen LogP contribution >= 0.6 is 0 Å². The number of rotatable bonds is 2. The zero-order chi connectivity index (χ0) is 19.3. The van der Waals surface area contributed by atoms with Gasteiger partial charge in [-0.15, -0.1) is 0 Å². The molecule has 0 saturated heterocycles. The van der Waals surface area contributed by atoms with Crippen LogP contribution in [0.15, 0.2) is 72.8 Å². The summed E-state index contributed by atoms with van der Waals surface area (Å²) in [5.74, 6) is 0.847. The van der Waals surface area contributed by atoms with E-state index in [4.69, 9.17) is 10.1 Å². The van der Waals surface area contributed by atoms with Crippen LogP contribution in [0.5, 0.6) is 0 Å². The molecule has 0 amide bonds. The normalized spacial score (nSPS) is 12.1. The number of hydrogen-bond donors (Lipinski definition) is 1. The summed E-state index contributed by atoms with van der Waals surface area (Å²) in [6.07, 6.45) is 0. The van der Waals surface area contributed by atoms with Gasteiger partial charge in [-0.05, 0) is 23.6 Å². The fraction of sp³-hybridized carbons (Fsp3) is 0.167. The molecule has 3 aromatic carbocycles. The summed E-state index contributed by atoms with van der Waals surface area (Å²) in [4.78, 5) is 4.93. The Hall–Kier alpha value is -3.40. The highest BCUT2D eigenvalue weighted by Gasteiger charge is 2.20. The predicted molar refractivity (Wildman–Crippen MR) is 116 cm³/mol. The minimum Gasteiger partial charge on any atom is -0.339 e. The summed E-state index contributed by atoms with van der Waals surface area (Å²) < 4.78 is 1.95. The van der Waals surface area contributed by atoms with Gasteiger partial charge in [0.15, 0.2) is 5.65 Å². The molecule has 0 aliphatic heterocycles. The zero-order valence-electron chi connectivity index (χ0n) is 16.3. The number of nitrogens with zero attached hydrogens (tertiary/aromatic N) is 3. The maximum absolute atomic E-state index is 4.93. The lowest BCUT2D eigenvalue weighted by Crippen LogP contribution is -2.11. The van der Waals surface area contributed by atoms with Crippen LogP contribution in [0.1, 0.15) is 26.5 Å². The summed E-state index contributed by atoms with van der Waals surface area (Å²) in [7, 11) is 0. The quantitative estimate of drug-likeness (QED) is 0.412. The standard InChI is InChI=1S/C24H22N4/c1-24(2,3)21-15-22-26-23(18-12-6-7-14-20(18)28(22)27-21)25-19-13-8-10-16-9-4-5-11-17(16)19/h4-15H,1-3H3,(H,25,26). The maximum Gasteiger partial charge on any atom is 0.158 e. The van der Waals surface area contributed by atoms with Gasteiger partial charge < -0.3 is 5.32 Å². The van der Waals surface area contributed by atoms with E-state index in [9.17, 15) is 0 Å². The fourth-order valence-corrected chi connectivity index (χ4v) is 3.59. The van der Waals surface area contributed by atoms with Crippen LogP contribution in [0, 0.1) is 0 Å². The van der Waals surface area contributed by atoms with E-state index in [2.05, 4.69) is 86.8 Å². The Morgan fingerprint density at radius 1 is 0.821 bits per heavy atom. The predicted octanol–water partition coefficient (Wildman–Crippen LogP) is 6.08. The molecule has 0 unspecified atom stereocenters. The molecule has 0 spiro atoms. The number of benzene rings is 3. The summed E-state index contributed by atoms with van der Waals surface area (Å²) >= 11 is 0. The molecule has 5 rings (SSSR count). The van der Waals surface area contributed by atoms with Crippen molar-refractivity contribution in [3.8, 4) is 0 Å². The van der Waals surface area contributed by atoms with Crippen LogP contribution in [0.4, 0.5) is 11.5 Å². The first kappa shape index (κ1) is 16.8. The second kappa shape index (κ2) is 6.06. The van der Waals surface area contributed by atoms with Crippen LogP contribution in [0.2, 0.25) is 0 Å². The minimum atomic E-state index is -0.0297. The molecule has 28 heavy (non-hydrogen) atoms. The smallest absolute Gasteiger partial charge is 0.158 e. The van der Waals surface area contributed by atoms with Crippen molar-refractivity contribution in [1.29, 1.82) is 0 Å². The third kappa shape index (κ3) is 2.69. The van der Waals surface area contributed by atoms with E-state index in [-0.39, 0.29) is 5.41 Å². The molecule has 2 heterocycles. The van der Waals surface area contributed by atoms with E-state index in [1.165, 1.54) is 10.8 Å². The molecule has 0 saturated carbocycles. The second-order valence-electron chi connectivity index (χ2n) is 8.18. The molecule has 0 aliphatic carbocycles. The van der Waals surface area contributed by atoms with Gasteiger partial charge in [0.2, 0.25) is 0 Å². The van der Waals surface area contributed by atoms with Crippen molar-refractivity contribution < 1.29 is 0 Å². The summed E-state index contributed by atoms with van der Waals surface area (Å²) in [5, 5.41) is 11.8. The largest absolute Gasteiger partial charge is 0.339 e. The monoisotopic (exact) mass is 366 g/mol. The van der Waals surface area contributed by atoms with E-state index in [0.717, 1.165) is 33.7 Å². The van der Waals surface area contributed by atoms with Crippen LogP contribution in [-0.2, 0) is 5.41 Å². The SMILES string of the molecule is CC(C)(C)c1cc2nc(Nc3cccc4ccccc34)c3ccccc3n2n1. The van der Waals surface area contributed by atoms with Gasteiger partial charge in [-0.3, -0.25) is 0 Å². The highest BCUT2D eigenvalue weighted by atomic mass is 15.3. The molecule has 0 fully saturated rings. The molecule has 138 valence electrons. The van der Waals surface area contributed by atoms with E-state index >= 15 is 0 Å². The topological polar surface area (TPSA) is 42.2 Å². The highest BCUT2D eigenvalue weighted by molar-refractivity contribution is 5.99. The molecular formula is C24H22N4. The summed E-state index contributed by atoms with van der Waals surface area (Å²) in [6, 6.07) is 25.0. The average molecular weight is 366 g/mol. The van der Waals surface area contributed by atoms with E-state index in [1.807, 2.05) is 16.6 Å². The van der Waals surface area contributed by atoms with Crippen LogP contribution in [0.3, 0.4) is 0 Å². The van der Waals surface area contributed by atoms with Gasteiger partial charge in [0.25, 0.3) is 0 Å². The highest BCUT2D eigenvalue weighted by Crippen LogP contribution is 2.31.